The van der Waals surface area contributed by atoms with Crippen LogP contribution in [0.2, 0.25) is 0 Å². The summed E-state index contributed by atoms with van der Waals surface area (Å²) in [5.74, 6) is 0.569. The topological polar surface area (TPSA) is 117 Å². The van der Waals surface area contributed by atoms with E-state index in [0.29, 0.717) is 17.2 Å². The predicted octanol–water partition coefficient (Wildman–Crippen LogP) is 4.49. The molecule has 0 amide bonds. The minimum atomic E-state index is 0.102. The normalized spacial score (nSPS) is 11.4. The number of nitrogens with two attached hydrogens (primary N) is 2. The lowest BCUT2D eigenvalue weighted by molar-refractivity contribution is 1.24. The van der Waals surface area contributed by atoms with Crippen LogP contribution in [0.5, 0.6) is 0 Å². The van der Waals surface area contributed by atoms with Gasteiger partial charge in [0.2, 0.25) is 5.96 Å². The Bertz CT molecular complexity index is 1300. The largest absolute Gasteiger partial charge is 0.383 e. The molecule has 0 aliphatic carbocycles. The summed E-state index contributed by atoms with van der Waals surface area (Å²) in [5.41, 5.74) is 16.6. The zero-order valence-corrected chi connectivity index (χ0v) is 17.3. The minimum Gasteiger partial charge on any atom is -0.383 e. The van der Waals surface area contributed by atoms with Gasteiger partial charge in [-0.15, -0.1) is 11.3 Å². The second kappa shape index (κ2) is 7.81. The van der Waals surface area contributed by atoms with Crippen molar-refractivity contribution in [2.75, 3.05) is 10.6 Å². The first-order valence-electron chi connectivity index (χ1n) is 9.18. The van der Waals surface area contributed by atoms with Gasteiger partial charge in [-0.2, -0.15) is 5.26 Å². The maximum Gasteiger partial charge on any atom is 0.214 e. The van der Waals surface area contributed by atoms with E-state index in [1.54, 1.807) is 11.3 Å². The molecule has 0 fully saturated rings. The molecule has 148 valence electrons. The molecule has 30 heavy (non-hydrogen) atoms. The number of benzene rings is 2. The second-order valence-corrected chi connectivity index (χ2v) is 7.97. The summed E-state index contributed by atoms with van der Waals surface area (Å²) in [4.78, 5) is 16.1. The van der Waals surface area contributed by atoms with Crippen LogP contribution >= 0.6 is 11.3 Å². The summed E-state index contributed by atoms with van der Waals surface area (Å²) in [7, 11) is 0. The number of aliphatic imine (C=N–C) groups is 1. The van der Waals surface area contributed by atoms with Crippen molar-refractivity contribution in [3.05, 3.63) is 65.3 Å². The molecule has 2 aromatic heterocycles. The van der Waals surface area contributed by atoms with Crippen LogP contribution in [0.25, 0.3) is 21.3 Å². The fraction of sp³-hybridized carbons (Fsp3) is 0.0909. The molecule has 0 bridgehead atoms. The van der Waals surface area contributed by atoms with Gasteiger partial charge in [0.15, 0.2) is 6.19 Å². The summed E-state index contributed by atoms with van der Waals surface area (Å²) < 4.78 is 0. The van der Waals surface area contributed by atoms with Crippen LogP contribution in [-0.4, -0.2) is 15.9 Å². The van der Waals surface area contributed by atoms with E-state index in [4.69, 9.17) is 11.5 Å². The fourth-order valence-electron chi connectivity index (χ4n) is 3.31. The smallest absolute Gasteiger partial charge is 0.214 e. The van der Waals surface area contributed by atoms with Gasteiger partial charge in [-0.3, -0.25) is 0 Å². The number of guanidine groups is 1. The quantitative estimate of drug-likeness (QED) is 0.221. The first-order valence-corrected chi connectivity index (χ1v) is 10.0. The molecule has 0 atom stereocenters. The number of fused-ring (bicyclic) bond motifs is 1. The van der Waals surface area contributed by atoms with Gasteiger partial charge in [0.1, 0.15) is 17.0 Å². The molecule has 0 saturated heterocycles. The van der Waals surface area contributed by atoms with Crippen molar-refractivity contribution in [3.63, 3.8) is 0 Å². The number of thiophene rings is 1. The molecule has 4 rings (SSSR count). The van der Waals surface area contributed by atoms with E-state index >= 15 is 0 Å². The Kier molecular flexibility index (Phi) is 5.04. The summed E-state index contributed by atoms with van der Waals surface area (Å²) in [5, 5.41) is 10.4. The average molecular weight is 414 g/mol. The standard InChI is InChI=1S/C22H19N7S/c1-13-4-3-5-17(10-13)29(11-23)22(25)28-16-8-6-15(7-9-16)18-14(2)30-21-19(18)20(24)26-12-27-21/h3-10,12H,1-2H3,(H2,25,28)(H2,24,26,27). The van der Waals surface area contributed by atoms with Gasteiger partial charge in [-0.25, -0.2) is 19.9 Å². The Balaban J connectivity index is 1.68. The van der Waals surface area contributed by atoms with Crippen LogP contribution in [0.3, 0.4) is 0 Å². The maximum atomic E-state index is 9.54. The Morgan fingerprint density at radius 1 is 1.13 bits per heavy atom. The first-order chi connectivity index (χ1) is 14.5. The van der Waals surface area contributed by atoms with Crippen molar-refractivity contribution in [1.29, 1.82) is 5.26 Å². The molecule has 4 N–H and O–H groups in total. The van der Waals surface area contributed by atoms with Crippen molar-refractivity contribution in [2.24, 2.45) is 10.7 Å². The Morgan fingerprint density at radius 3 is 2.60 bits per heavy atom. The number of nitriles is 1. The Hall–Kier alpha value is -3.96. The molecule has 0 radical (unpaired) electrons. The minimum absolute atomic E-state index is 0.102. The Labute approximate surface area is 177 Å². The third kappa shape index (κ3) is 3.54. The van der Waals surface area contributed by atoms with Crippen molar-refractivity contribution in [3.8, 4) is 17.3 Å². The molecule has 4 aromatic rings. The molecule has 2 aromatic carbocycles. The highest BCUT2D eigenvalue weighted by Gasteiger charge is 2.15. The highest BCUT2D eigenvalue weighted by molar-refractivity contribution is 7.19. The molecule has 0 spiro atoms. The average Bonchev–Trinajstić information content (AvgIpc) is 3.06. The van der Waals surface area contributed by atoms with Gasteiger partial charge in [-0.1, -0.05) is 24.3 Å². The number of anilines is 2. The zero-order chi connectivity index (χ0) is 21.3. The fourth-order valence-corrected chi connectivity index (χ4v) is 4.33. The lowest BCUT2D eigenvalue weighted by Gasteiger charge is -2.15. The third-order valence-electron chi connectivity index (χ3n) is 4.68. The summed E-state index contributed by atoms with van der Waals surface area (Å²) in [6.45, 7) is 4.00. The number of hydrogen-bond donors (Lipinski definition) is 2. The van der Waals surface area contributed by atoms with Gasteiger partial charge in [-0.05, 0) is 49.2 Å². The Morgan fingerprint density at radius 2 is 1.90 bits per heavy atom. The summed E-state index contributed by atoms with van der Waals surface area (Å²) >= 11 is 1.59. The number of nitrogen functional groups attached to an aromatic ring is 1. The van der Waals surface area contributed by atoms with E-state index in [1.165, 1.54) is 11.2 Å². The molecule has 0 unspecified atom stereocenters. The van der Waals surface area contributed by atoms with E-state index in [2.05, 4.69) is 21.2 Å². The molecule has 0 aliphatic heterocycles. The molecular formula is C22H19N7S. The molecular weight excluding hydrogens is 394 g/mol. The monoisotopic (exact) mass is 413 g/mol. The number of nitrogens with zero attached hydrogens (tertiary/aromatic N) is 5. The van der Waals surface area contributed by atoms with Gasteiger partial charge >= 0.3 is 0 Å². The first kappa shape index (κ1) is 19.4. The zero-order valence-electron chi connectivity index (χ0n) is 16.5. The number of aromatic nitrogens is 2. The van der Waals surface area contributed by atoms with Crippen LogP contribution in [0.1, 0.15) is 10.4 Å². The van der Waals surface area contributed by atoms with Crippen LogP contribution in [0.4, 0.5) is 17.2 Å². The molecule has 0 saturated carbocycles. The van der Waals surface area contributed by atoms with Gasteiger partial charge < -0.3 is 11.5 Å². The molecule has 2 heterocycles. The van der Waals surface area contributed by atoms with Crippen LogP contribution in [-0.2, 0) is 0 Å². The second-order valence-electron chi connectivity index (χ2n) is 6.76. The number of aryl methyl sites for hydroxylation is 2. The van der Waals surface area contributed by atoms with E-state index in [1.807, 2.05) is 62.4 Å². The maximum absolute atomic E-state index is 9.54. The highest BCUT2D eigenvalue weighted by Crippen LogP contribution is 2.39. The van der Waals surface area contributed by atoms with Crippen molar-refractivity contribution in [1.82, 2.24) is 9.97 Å². The predicted molar refractivity (Wildman–Crippen MR) is 123 cm³/mol. The SMILES string of the molecule is Cc1cccc(N(C#N)C(N)=Nc2ccc(-c3c(C)sc4ncnc(N)c34)cc2)c1. The highest BCUT2D eigenvalue weighted by atomic mass is 32.1. The summed E-state index contributed by atoms with van der Waals surface area (Å²) in [6.07, 6.45) is 3.56. The van der Waals surface area contributed by atoms with Gasteiger partial charge in [0, 0.05) is 10.4 Å². The van der Waals surface area contributed by atoms with Crippen molar-refractivity contribution in [2.45, 2.75) is 13.8 Å². The molecule has 0 aliphatic rings. The van der Waals surface area contributed by atoms with Crippen LogP contribution < -0.4 is 16.4 Å². The molecule has 8 heteroatoms. The number of rotatable bonds is 3. The van der Waals surface area contributed by atoms with Crippen LogP contribution in [0, 0.1) is 25.3 Å². The number of hydrogen-bond acceptors (Lipinski definition) is 6. The lowest BCUT2D eigenvalue weighted by atomic mass is 10.0. The van der Waals surface area contributed by atoms with E-state index in [0.717, 1.165) is 31.8 Å². The van der Waals surface area contributed by atoms with E-state index in [9.17, 15) is 5.26 Å². The van der Waals surface area contributed by atoms with Crippen molar-refractivity contribution < 1.29 is 0 Å². The van der Waals surface area contributed by atoms with E-state index < -0.39 is 0 Å². The third-order valence-corrected chi connectivity index (χ3v) is 5.70. The van der Waals surface area contributed by atoms with Gasteiger partial charge in [0.05, 0.1) is 16.8 Å². The van der Waals surface area contributed by atoms with Gasteiger partial charge in [0.25, 0.3) is 0 Å². The lowest BCUT2D eigenvalue weighted by Crippen LogP contribution is -2.33. The van der Waals surface area contributed by atoms with Crippen LogP contribution in [0.15, 0.2) is 59.9 Å². The van der Waals surface area contributed by atoms with E-state index in [-0.39, 0.29) is 5.96 Å². The van der Waals surface area contributed by atoms with Crippen molar-refractivity contribution >= 4 is 44.7 Å². The molecule has 7 nitrogen and oxygen atoms in total. The summed E-state index contributed by atoms with van der Waals surface area (Å²) in [6, 6.07) is 15.2.